The van der Waals surface area contributed by atoms with Crippen LogP contribution in [0.15, 0.2) is 0 Å². The van der Waals surface area contributed by atoms with Gasteiger partial charge in [0.25, 0.3) is 0 Å². The zero-order valence-electron chi connectivity index (χ0n) is 24.6. The van der Waals surface area contributed by atoms with Crippen LogP contribution in [0.5, 0.6) is 0 Å². The topological polar surface area (TPSA) is 55.4 Å². The van der Waals surface area contributed by atoms with Crippen molar-refractivity contribution >= 4 is 55.7 Å². The lowest BCUT2D eigenvalue weighted by atomic mass is 10.4. The minimum absolute atomic E-state index is 1.08. The lowest BCUT2D eigenvalue weighted by molar-refractivity contribution is 0.277. The average Bonchev–Trinajstić information content (AvgIpc) is 2.88. The molecule has 216 valence electrons. The van der Waals surface area contributed by atoms with E-state index in [0.717, 1.165) is 36.3 Å². The molecular weight excluding hydrogens is 553 g/mol. The molecule has 1 saturated heterocycles. The second-order valence-electron chi connectivity index (χ2n) is 10.2. The van der Waals surface area contributed by atoms with Crippen molar-refractivity contribution in [1.82, 2.24) is 0 Å². The van der Waals surface area contributed by atoms with Crippen molar-refractivity contribution in [3.8, 4) is 0 Å². The van der Waals surface area contributed by atoms with Gasteiger partial charge in [-0.3, -0.25) is 0 Å². The Morgan fingerprint density at radius 2 is 0.417 bits per heavy atom. The molecule has 0 atom stereocenters. The second-order valence-corrected chi connectivity index (χ2v) is 25.4. The molecule has 0 aromatic rings. The number of rotatable bonds is 18. The van der Waals surface area contributed by atoms with Gasteiger partial charge in [-0.25, -0.2) is 0 Å². The van der Waals surface area contributed by atoms with Crippen LogP contribution >= 0.6 is 0 Å². The SMILES string of the molecule is CCCC[SiH]1O[SiH](CCCC)O[SiH](CCCC)O[SiH](CCCC)O[SiH](CCCC)O[SiH](CCCC)O1. The van der Waals surface area contributed by atoms with Gasteiger partial charge in [-0.15, -0.1) is 0 Å². The fraction of sp³-hybridized carbons (Fsp3) is 1.00. The molecule has 0 aromatic carbocycles. The first kappa shape index (κ1) is 35.1. The predicted octanol–water partition coefficient (Wildman–Crippen LogP) is 6.22. The molecule has 1 heterocycles. The Morgan fingerprint density at radius 1 is 0.278 bits per heavy atom. The van der Waals surface area contributed by atoms with Crippen molar-refractivity contribution in [2.45, 2.75) is 155 Å². The maximum absolute atomic E-state index is 6.91. The van der Waals surface area contributed by atoms with E-state index in [1.54, 1.807) is 0 Å². The van der Waals surface area contributed by atoms with E-state index in [1.165, 1.54) is 77.0 Å². The maximum atomic E-state index is 6.91. The van der Waals surface area contributed by atoms with Gasteiger partial charge in [0.15, 0.2) is 0 Å². The fourth-order valence-electron chi connectivity index (χ4n) is 4.25. The monoisotopic (exact) mass is 612 g/mol. The lowest BCUT2D eigenvalue weighted by Gasteiger charge is -2.34. The van der Waals surface area contributed by atoms with E-state index in [1.807, 2.05) is 0 Å². The quantitative estimate of drug-likeness (QED) is 0.171. The van der Waals surface area contributed by atoms with Crippen LogP contribution in [0.2, 0.25) is 36.3 Å². The molecule has 0 aliphatic carbocycles. The van der Waals surface area contributed by atoms with Gasteiger partial charge < -0.3 is 24.7 Å². The molecule has 1 rings (SSSR count). The standard InChI is InChI=1S/C24H60O6Si6/c1-7-13-19-31-25-32(20-14-8-2)27-34(22-16-10-4)29-36(24-18-12-6)30-35(23-17-11-5)28-33(26-31)21-15-9-3/h31-36H,7-24H2,1-6H3. The van der Waals surface area contributed by atoms with Crippen molar-refractivity contribution < 1.29 is 24.7 Å². The predicted molar refractivity (Wildman–Crippen MR) is 168 cm³/mol. The van der Waals surface area contributed by atoms with Crippen molar-refractivity contribution in [2.24, 2.45) is 0 Å². The van der Waals surface area contributed by atoms with Crippen LogP contribution in [0.3, 0.4) is 0 Å². The molecule has 1 fully saturated rings. The third-order valence-corrected chi connectivity index (χ3v) is 26.4. The first-order valence-electron chi connectivity index (χ1n) is 15.5. The summed E-state index contributed by atoms with van der Waals surface area (Å²) < 4.78 is 41.5. The molecular formula is C24H60O6Si6. The molecule has 36 heavy (non-hydrogen) atoms. The molecule has 0 radical (unpaired) electrons. The van der Waals surface area contributed by atoms with Gasteiger partial charge >= 0.3 is 55.7 Å². The van der Waals surface area contributed by atoms with E-state index in [2.05, 4.69) is 41.5 Å². The summed E-state index contributed by atoms with van der Waals surface area (Å²) in [5.41, 5.74) is 0. The van der Waals surface area contributed by atoms with E-state index in [9.17, 15) is 0 Å². The van der Waals surface area contributed by atoms with Gasteiger partial charge in [-0.2, -0.15) is 0 Å². The highest BCUT2D eigenvalue weighted by molar-refractivity contribution is 6.74. The molecule has 0 N–H and O–H groups in total. The van der Waals surface area contributed by atoms with Gasteiger partial charge in [0.2, 0.25) is 0 Å². The normalized spacial score (nSPS) is 28.5. The van der Waals surface area contributed by atoms with Crippen molar-refractivity contribution in [3.05, 3.63) is 0 Å². The molecule has 0 amide bonds. The van der Waals surface area contributed by atoms with Crippen molar-refractivity contribution in [3.63, 3.8) is 0 Å². The second kappa shape index (κ2) is 23.9. The Kier molecular flexibility index (Phi) is 23.3. The van der Waals surface area contributed by atoms with Gasteiger partial charge in [0, 0.05) is 0 Å². The Labute approximate surface area is 234 Å². The summed E-state index contributed by atoms with van der Waals surface area (Å²) in [5, 5.41) is 0. The third-order valence-electron chi connectivity index (χ3n) is 6.58. The third kappa shape index (κ3) is 16.9. The van der Waals surface area contributed by atoms with Gasteiger partial charge in [0.05, 0.1) is 0 Å². The highest BCUT2D eigenvalue weighted by atomic mass is 28.5. The van der Waals surface area contributed by atoms with Crippen molar-refractivity contribution in [1.29, 1.82) is 0 Å². The maximum Gasteiger partial charge on any atom is 0.303 e. The van der Waals surface area contributed by atoms with Crippen LogP contribution in [0.1, 0.15) is 119 Å². The average molecular weight is 613 g/mol. The Balaban J connectivity index is 3.23. The van der Waals surface area contributed by atoms with E-state index in [-0.39, 0.29) is 0 Å². The molecule has 0 spiro atoms. The molecule has 0 saturated carbocycles. The van der Waals surface area contributed by atoms with E-state index in [0.29, 0.717) is 0 Å². The molecule has 0 unspecified atom stereocenters. The molecule has 1 aliphatic rings. The van der Waals surface area contributed by atoms with E-state index >= 15 is 0 Å². The Bertz CT molecular complexity index is 377. The summed E-state index contributed by atoms with van der Waals surface area (Å²) in [5.74, 6) is 0. The zero-order chi connectivity index (χ0) is 26.4. The van der Waals surface area contributed by atoms with Crippen LogP contribution < -0.4 is 0 Å². The highest BCUT2D eigenvalue weighted by Crippen LogP contribution is 2.21. The summed E-state index contributed by atoms with van der Waals surface area (Å²) in [6, 6.07) is 6.45. The first-order valence-corrected chi connectivity index (χ1v) is 26.1. The molecule has 1 aliphatic heterocycles. The summed E-state index contributed by atoms with van der Waals surface area (Å²) in [7, 11) is -11.0. The molecule has 12 heteroatoms. The van der Waals surface area contributed by atoms with Gasteiger partial charge in [0.1, 0.15) is 0 Å². The summed E-state index contributed by atoms with van der Waals surface area (Å²) >= 11 is 0. The largest absolute Gasteiger partial charge is 0.420 e. The van der Waals surface area contributed by atoms with Crippen LogP contribution in [0, 0.1) is 0 Å². The Hall–Kier alpha value is 1.06. The number of hydrogen-bond acceptors (Lipinski definition) is 6. The lowest BCUT2D eigenvalue weighted by Crippen LogP contribution is -2.48. The highest BCUT2D eigenvalue weighted by Gasteiger charge is 2.34. The molecule has 6 nitrogen and oxygen atoms in total. The van der Waals surface area contributed by atoms with Crippen LogP contribution in [0.25, 0.3) is 0 Å². The van der Waals surface area contributed by atoms with Crippen LogP contribution in [-0.4, -0.2) is 55.7 Å². The molecule has 0 bridgehead atoms. The fourth-order valence-corrected chi connectivity index (χ4v) is 28.4. The van der Waals surface area contributed by atoms with Gasteiger partial charge in [-0.1, -0.05) is 119 Å². The number of unbranched alkanes of at least 4 members (excludes halogenated alkanes) is 6. The van der Waals surface area contributed by atoms with Crippen LogP contribution in [0.4, 0.5) is 0 Å². The minimum atomic E-state index is -1.83. The van der Waals surface area contributed by atoms with Crippen molar-refractivity contribution in [2.75, 3.05) is 0 Å². The van der Waals surface area contributed by atoms with E-state index in [4.69, 9.17) is 24.7 Å². The first-order chi connectivity index (χ1) is 17.6. The smallest absolute Gasteiger partial charge is 0.303 e. The van der Waals surface area contributed by atoms with Gasteiger partial charge in [-0.05, 0) is 36.3 Å². The summed E-state index contributed by atoms with van der Waals surface area (Å²) in [6.07, 6.45) is 14.1. The van der Waals surface area contributed by atoms with Crippen LogP contribution in [-0.2, 0) is 24.7 Å². The molecule has 0 aromatic heterocycles. The summed E-state index contributed by atoms with van der Waals surface area (Å²) in [4.78, 5) is 0. The van der Waals surface area contributed by atoms with E-state index < -0.39 is 55.7 Å². The Morgan fingerprint density at radius 3 is 0.528 bits per heavy atom. The minimum Gasteiger partial charge on any atom is -0.420 e. The summed E-state index contributed by atoms with van der Waals surface area (Å²) in [6.45, 7) is 13.6. The number of hydrogen-bond donors (Lipinski definition) is 0. The zero-order valence-corrected chi connectivity index (χ0v) is 31.6.